The van der Waals surface area contributed by atoms with Crippen LogP contribution in [0.25, 0.3) is 0 Å². The highest BCUT2D eigenvalue weighted by atomic mass is 79.9. The molecule has 0 atom stereocenters. The SMILES string of the molecule is Cc1nc(NN)nc(NCc2ccccc2Br)c1[N+](=O)[O-]. The maximum atomic E-state index is 11.1. The minimum Gasteiger partial charge on any atom is -0.360 e. The smallest absolute Gasteiger partial charge is 0.332 e. The number of nitrogens with one attached hydrogen (secondary N) is 2. The number of hydrogen-bond donors (Lipinski definition) is 3. The van der Waals surface area contributed by atoms with E-state index in [2.05, 4.69) is 36.6 Å². The van der Waals surface area contributed by atoms with Gasteiger partial charge in [-0.05, 0) is 18.6 Å². The second kappa shape index (κ2) is 6.46. The van der Waals surface area contributed by atoms with Crippen LogP contribution in [0.15, 0.2) is 28.7 Å². The van der Waals surface area contributed by atoms with Gasteiger partial charge in [0, 0.05) is 11.0 Å². The molecule has 21 heavy (non-hydrogen) atoms. The van der Waals surface area contributed by atoms with Crippen molar-refractivity contribution >= 4 is 33.4 Å². The van der Waals surface area contributed by atoms with Crippen molar-refractivity contribution in [2.75, 3.05) is 10.7 Å². The maximum Gasteiger partial charge on any atom is 0.332 e. The fourth-order valence-electron chi connectivity index (χ4n) is 1.79. The molecule has 9 heteroatoms. The molecule has 0 saturated carbocycles. The summed E-state index contributed by atoms with van der Waals surface area (Å²) < 4.78 is 0.906. The summed E-state index contributed by atoms with van der Waals surface area (Å²) in [6, 6.07) is 7.57. The number of nitro groups is 1. The van der Waals surface area contributed by atoms with E-state index in [1.165, 1.54) is 6.92 Å². The van der Waals surface area contributed by atoms with Gasteiger partial charge in [0.05, 0.1) is 4.92 Å². The van der Waals surface area contributed by atoms with Crippen LogP contribution in [-0.2, 0) is 6.54 Å². The summed E-state index contributed by atoms with van der Waals surface area (Å²) in [4.78, 5) is 18.5. The first kappa shape index (κ1) is 15.1. The lowest BCUT2D eigenvalue weighted by Gasteiger charge is -2.10. The van der Waals surface area contributed by atoms with Gasteiger partial charge in [-0.2, -0.15) is 4.98 Å². The molecule has 1 aromatic heterocycles. The van der Waals surface area contributed by atoms with E-state index >= 15 is 0 Å². The molecule has 0 amide bonds. The first-order valence-corrected chi connectivity index (χ1v) is 6.79. The van der Waals surface area contributed by atoms with Gasteiger partial charge in [-0.1, -0.05) is 34.1 Å². The summed E-state index contributed by atoms with van der Waals surface area (Å²) in [6.07, 6.45) is 0. The molecule has 8 nitrogen and oxygen atoms in total. The van der Waals surface area contributed by atoms with Gasteiger partial charge >= 0.3 is 5.69 Å². The van der Waals surface area contributed by atoms with Crippen molar-refractivity contribution in [1.29, 1.82) is 0 Å². The Labute approximate surface area is 129 Å². The van der Waals surface area contributed by atoms with E-state index in [4.69, 9.17) is 5.84 Å². The Morgan fingerprint density at radius 3 is 2.71 bits per heavy atom. The highest BCUT2D eigenvalue weighted by molar-refractivity contribution is 9.10. The highest BCUT2D eigenvalue weighted by Crippen LogP contribution is 2.27. The number of halogens is 1. The zero-order valence-electron chi connectivity index (χ0n) is 11.1. The lowest BCUT2D eigenvalue weighted by atomic mass is 10.2. The molecule has 2 rings (SSSR count). The lowest BCUT2D eigenvalue weighted by molar-refractivity contribution is -0.385. The minimum atomic E-state index is -0.516. The van der Waals surface area contributed by atoms with E-state index in [1.54, 1.807) is 0 Å². The van der Waals surface area contributed by atoms with Gasteiger partial charge in [0.2, 0.25) is 11.8 Å². The Hall–Kier alpha value is -2.26. The van der Waals surface area contributed by atoms with Gasteiger partial charge < -0.3 is 5.32 Å². The average Bonchev–Trinajstić information content (AvgIpc) is 2.45. The van der Waals surface area contributed by atoms with Crippen LogP contribution in [0.2, 0.25) is 0 Å². The molecule has 0 bridgehead atoms. The molecule has 0 unspecified atom stereocenters. The molecule has 0 fully saturated rings. The third kappa shape index (κ3) is 3.44. The molecule has 0 aliphatic carbocycles. The predicted molar refractivity (Wildman–Crippen MR) is 82.7 cm³/mol. The first-order chi connectivity index (χ1) is 10.0. The third-order valence-electron chi connectivity index (χ3n) is 2.77. The molecule has 0 spiro atoms. The summed E-state index contributed by atoms with van der Waals surface area (Å²) in [6.45, 7) is 1.91. The van der Waals surface area contributed by atoms with E-state index in [-0.39, 0.29) is 23.1 Å². The molecule has 4 N–H and O–H groups in total. The summed E-state index contributed by atoms with van der Waals surface area (Å²) in [7, 11) is 0. The number of nitrogens with zero attached hydrogens (tertiary/aromatic N) is 3. The van der Waals surface area contributed by atoms with Crippen molar-refractivity contribution < 1.29 is 4.92 Å². The van der Waals surface area contributed by atoms with Crippen LogP contribution in [-0.4, -0.2) is 14.9 Å². The van der Waals surface area contributed by atoms with E-state index in [0.29, 0.717) is 6.54 Å². The summed E-state index contributed by atoms with van der Waals surface area (Å²) >= 11 is 3.42. The normalized spacial score (nSPS) is 10.2. The molecule has 0 radical (unpaired) electrons. The molecule has 0 aliphatic heterocycles. The Bertz CT molecular complexity index is 679. The third-order valence-corrected chi connectivity index (χ3v) is 3.55. The summed E-state index contributed by atoms with van der Waals surface area (Å²) in [5.41, 5.74) is 3.31. The lowest BCUT2D eigenvalue weighted by Crippen LogP contribution is -2.14. The monoisotopic (exact) mass is 352 g/mol. The van der Waals surface area contributed by atoms with Gasteiger partial charge in [-0.15, -0.1) is 0 Å². The van der Waals surface area contributed by atoms with Gasteiger partial charge in [-0.3, -0.25) is 15.5 Å². The van der Waals surface area contributed by atoms with Crippen LogP contribution >= 0.6 is 15.9 Å². The number of hydrogen-bond acceptors (Lipinski definition) is 7. The van der Waals surface area contributed by atoms with Crippen molar-refractivity contribution in [2.24, 2.45) is 5.84 Å². The van der Waals surface area contributed by atoms with Gasteiger partial charge in [0.15, 0.2) is 0 Å². The number of rotatable bonds is 5. The molecular weight excluding hydrogens is 340 g/mol. The van der Waals surface area contributed by atoms with Crippen molar-refractivity contribution in [2.45, 2.75) is 13.5 Å². The number of nitrogen functional groups attached to an aromatic ring is 1. The zero-order valence-corrected chi connectivity index (χ0v) is 12.7. The molecular formula is C12H13BrN6O2. The van der Waals surface area contributed by atoms with Crippen molar-refractivity contribution in [3.05, 3.63) is 50.1 Å². The quantitative estimate of drug-likeness (QED) is 0.429. The van der Waals surface area contributed by atoms with Crippen molar-refractivity contribution in [1.82, 2.24) is 9.97 Å². The molecule has 2 aromatic rings. The molecule has 0 saturated heterocycles. The Kier molecular flexibility index (Phi) is 4.66. The van der Waals surface area contributed by atoms with E-state index in [9.17, 15) is 10.1 Å². The highest BCUT2D eigenvalue weighted by Gasteiger charge is 2.21. The zero-order chi connectivity index (χ0) is 15.4. The van der Waals surface area contributed by atoms with Crippen molar-refractivity contribution in [3.63, 3.8) is 0 Å². The van der Waals surface area contributed by atoms with E-state index < -0.39 is 4.92 Å². The van der Waals surface area contributed by atoms with Crippen LogP contribution in [0.4, 0.5) is 17.5 Å². The van der Waals surface area contributed by atoms with Gasteiger partial charge in [0.25, 0.3) is 0 Å². The van der Waals surface area contributed by atoms with Crippen molar-refractivity contribution in [3.8, 4) is 0 Å². The van der Waals surface area contributed by atoms with Gasteiger partial charge in [0.1, 0.15) is 5.69 Å². The second-order valence-corrected chi connectivity index (χ2v) is 5.03. The van der Waals surface area contributed by atoms with Crippen LogP contribution in [0.1, 0.15) is 11.3 Å². The fraction of sp³-hybridized carbons (Fsp3) is 0.167. The van der Waals surface area contributed by atoms with Crippen LogP contribution in [0.5, 0.6) is 0 Å². The van der Waals surface area contributed by atoms with Crippen LogP contribution in [0.3, 0.4) is 0 Å². The molecule has 1 aromatic carbocycles. The minimum absolute atomic E-state index is 0.118. The van der Waals surface area contributed by atoms with Crippen LogP contribution in [0, 0.1) is 17.0 Å². The summed E-state index contributed by atoms with van der Waals surface area (Å²) in [5, 5.41) is 14.1. The predicted octanol–water partition coefficient (Wildman–Crippen LogP) is 2.35. The topological polar surface area (TPSA) is 119 Å². The number of aryl methyl sites for hydroxylation is 1. The van der Waals surface area contributed by atoms with E-state index in [0.717, 1.165) is 10.0 Å². The Morgan fingerprint density at radius 1 is 1.38 bits per heavy atom. The van der Waals surface area contributed by atoms with Crippen LogP contribution < -0.4 is 16.6 Å². The average molecular weight is 353 g/mol. The Balaban J connectivity index is 2.32. The molecule has 1 heterocycles. The second-order valence-electron chi connectivity index (χ2n) is 4.18. The maximum absolute atomic E-state index is 11.1. The first-order valence-electron chi connectivity index (χ1n) is 6.00. The van der Waals surface area contributed by atoms with Gasteiger partial charge in [-0.25, -0.2) is 10.8 Å². The number of hydrazine groups is 1. The summed E-state index contributed by atoms with van der Waals surface area (Å²) in [5.74, 6) is 5.50. The largest absolute Gasteiger partial charge is 0.360 e. The number of aromatic nitrogens is 2. The molecule has 110 valence electrons. The Morgan fingerprint density at radius 2 is 2.10 bits per heavy atom. The number of anilines is 2. The van der Waals surface area contributed by atoms with E-state index in [1.807, 2.05) is 24.3 Å². The number of nitrogens with two attached hydrogens (primary N) is 1. The standard InChI is InChI=1S/C12H13BrN6O2/c1-7-10(19(20)21)11(17-12(16-7)18-14)15-6-8-4-2-3-5-9(8)13/h2-5H,6,14H2,1H3,(H2,15,16,17,18). The number of benzene rings is 1. The fourth-order valence-corrected chi connectivity index (χ4v) is 2.22. The molecule has 0 aliphatic rings.